The molecule has 0 saturated heterocycles. The topological polar surface area (TPSA) is 38.3 Å². The quantitative estimate of drug-likeness (QED) is 0.918. The van der Waals surface area contributed by atoms with E-state index < -0.39 is 23.1 Å². The first-order valence-electron chi connectivity index (χ1n) is 6.34. The van der Waals surface area contributed by atoms with Gasteiger partial charge in [0.2, 0.25) is 0 Å². The van der Waals surface area contributed by atoms with E-state index in [1.807, 2.05) is 19.1 Å². The zero-order valence-corrected chi connectivity index (χ0v) is 12.5. The van der Waals surface area contributed by atoms with Crippen LogP contribution in [0.1, 0.15) is 26.2 Å². The van der Waals surface area contributed by atoms with Gasteiger partial charge in [0.05, 0.1) is 0 Å². The second-order valence-electron chi connectivity index (χ2n) is 4.48. The molecule has 21 heavy (non-hydrogen) atoms. The summed E-state index contributed by atoms with van der Waals surface area (Å²) >= 11 is 1.55. The van der Waals surface area contributed by atoms with E-state index in [-0.39, 0.29) is 12.6 Å². The molecule has 1 amide bonds. The Morgan fingerprint density at radius 2 is 1.95 bits per heavy atom. The highest BCUT2D eigenvalue weighted by Crippen LogP contribution is 2.24. The number of methoxy groups -OCH3 is 1. The van der Waals surface area contributed by atoms with Crippen LogP contribution in [-0.4, -0.2) is 19.6 Å². The third kappa shape index (κ3) is 3.65. The third-order valence-corrected chi connectivity index (χ3v) is 4.09. The van der Waals surface area contributed by atoms with Gasteiger partial charge in [-0.25, -0.2) is 8.78 Å². The van der Waals surface area contributed by atoms with Crippen LogP contribution >= 0.6 is 11.3 Å². The molecule has 0 saturated carbocycles. The number of aryl methyl sites for hydroxylation is 1. The zero-order chi connectivity index (χ0) is 15.4. The summed E-state index contributed by atoms with van der Waals surface area (Å²) in [6.07, 6.45) is -0.345. The van der Waals surface area contributed by atoms with Gasteiger partial charge < -0.3 is 10.1 Å². The Morgan fingerprint density at radius 3 is 2.48 bits per heavy atom. The Hall–Kier alpha value is -1.79. The molecule has 1 atom stereocenters. The first-order chi connectivity index (χ1) is 10.0. The minimum atomic E-state index is -0.881. The predicted molar refractivity (Wildman–Crippen MR) is 77.5 cm³/mol. The second kappa shape index (κ2) is 6.78. The molecule has 0 spiro atoms. The van der Waals surface area contributed by atoms with E-state index >= 15 is 0 Å². The number of halogens is 2. The van der Waals surface area contributed by atoms with Crippen LogP contribution in [0, 0.1) is 18.6 Å². The van der Waals surface area contributed by atoms with Crippen molar-refractivity contribution >= 4 is 17.2 Å². The smallest absolute Gasteiger partial charge is 0.257 e. The van der Waals surface area contributed by atoms with Gasteiger partial charge in [0.1, 0.15) is 23.3 Å². The molecular formula is C15H15F2NO2S. The fourth-order valence-electron chi connectivity index (χ4n) is 1.92. The molecule has 0 radical (unpaired) electrons. The Bertz CT molecular complexity index is 622. The normalized spacial score (nSPS) is 12.2. The average Bonchev–Trinajstić information content (AvgIpc) is 2.86. The summed E-state index contributed by atoms with van der Waals surface area (Å²) in [5.41, 5.74) is -0.574. The van der Waals surface area contributed by atoms with Crippen molar-refractivity contribution in [3.63, 3.8) is 0 Å². The predicted octanol–water partition coefficient (Wildman–Crippen LogP) is 3.45. The van der Waals surface area contributed by atoms with Gasteiger partial charge in [-0.05, 0) is 31.2 Å². The van der Waals surface area contributed by atoms with Crippen molar-refractivity contribution in [1.82, 2.24) is 5.32 Å². The molecular weight excluding hydrogens is 296 g/mol. The minimum absolute atomic E-state index is 0.142. The van der Waals surface area contributed by atoms with Crippen LogP contribution < -0.4 is 5.32 Å². The summed E-state index contributed by atoms with van der Waals surface area (Å²) < 4.78 is 32.3. The van der Waals surface area contributed by atoms with E-state index in [1.165, 1.54) is 13.2 Å². The molecule has 1 N–H and O–H groups in total. The molecule has 0 aliphatic carbocycles. The summed E-state index contributed by atoms with van der Waals surface area (Å²) in [4.78, 5) is 14.0. The molecule has 2 aromatic rings. The van der Waals surface area contributed by atoms with Crippen molar-refractivity contribution < 1.29 is 18.3 Å². The molecule has 1 aromatic carbocycles. The fourth-order valence-corrected chi connectivity index (χ4v) is 2.87. The highest BCUT2D eigenvalue weighted by molar-refractivity contribution is 7.12. The molecule has 0 bridgehead atoms. The second-order valence-corrected chi connectivity index (χ2v) is 5.80. The van der Waals surface area contributed by atoms with Gasteiger partial charge in [-0.2, -0.15) is 0 Å². The lowest BCUT2D eigenvalue weighted by molar-refractivity contribution is 0.0831. The van der Waals surface area contributed by atoms with Crippen molar-refractivity contribution in [3.8, 4) is 0 Å². The Balaban J connectivity index is 2.06. The van der Waals surface area contributed by atoms with Crippen molar-refractivity contribution in [2.45, 2.75) is 13.0 Å². The SMILES string of the molecule is COC(CNC(=O)c1c(F)cccc1F)c1ccc(C)s1. The monoisotopic (exact) mass is 311 g/mol. The molecule has 0 aliphatic rings. The Morgan fingerprint density at radius 1 is 1.29 bits per heavy atom. The van der Waals surface area contributed by atoms with Crippen molar-refractivity contribution in [2.75, 3.05) is 13.7 Å². The van der Waals surface area contributed by atoms with E-state index in [1.54, 1.807) is 11.3 Å². The maximum atomic E-state index is 13.5. The fraction of sp³-hybridized carbons (Fsp3) is 0.267. The maximum Gasteiger partial charge on any atom is 0.257 e. The number of hydrogen-bond acceptors (Lipinski definition) is 3. The Labute approximate surface area is 125 Å². The lowest BCUT2D eigenvalue weighted by Gasteiger charge is -2.15. The number of hydrogen-bond donors (Lipinski definition) is 1. The van der Waals surface area contributed by atoms with E-state index in [4.69, 9.17) is 4.74 Å². The van der Waals surface area contributed by atoms with Gasteiger partial charge in [0, 0.05) is 23.4 Å². The Kier molecular flexibility index (Phi) is 5.03. The maximum absolute atomic E-state index is 13.5. The molecule has 1 heterocycles. The van der Waals surface area contributed by atoms with E-state index in [9.17, 15) is 13.6 Å². The number of ether oxygens (including phenoxy) is 1. The molecule has 1 aromatic heterocycles. The summed E-state index contributed by atoms with van der Waals surface area (Å²) in [7, 11) is 1.52. The molecule has 2 rings (SSSR count). The average molecular weight is 311 g/mol. The number of nitrogens with one attached hydrogen (secondary N) is 1. The van der Waals surface area contributed by atoms with Gasteiger partial charge in [0.15, 0.2) is 0 Å². The van der Waals surface area contributed by atoms with Gasteiger partial charge in [-0.1, -0.05) is 6.07 Å². The summed E-state index contributed by atoms with van der Waals surface area (Å²) in [6.45, 7) is 2.11. The van der Waals surface area contributed by atoms with Crippen molar-refractivity contribution in [1.29, 1.82) is 0 Å². The first-order valence-corrected chi connectivity index (χ1v) is 7.16. The summed E-state index contributed by atoms with van der Waals surface area (Å²) in [6, 6.07) is 7.17. The van der Waals surface area contributed by atoms with Crippen LogP contribution in [0.3, 0.4) is 0 Å². The van der Waals surface area contributed by atoms with Crippen LogP contribution in [0.4, 0.5) is 8.78 Å². The highest BCUT2D eigenvalue weighted by Gasteiger charge is 2.19. The number of rotatable bonds is 5. The summed E-state index contributed by atoms with van der Waals surface area (Å²) in [5.74, 6) is -2.55. The van der Waals surface area contributed by atoms with Crippen LogP contribution in [0.25, 0.3) is 0 Å². The van der Waals surface area contributed by atoms with E-state index in [0.717, 1.165) is 21.9 Å². The minimum Gasteiger partial charge on any atom is -0.374 e. The highest BCUT2D eigenvalue weighted by atomic mass is 32.1. The molecule has 1 unspecified atom stereocenters. The molecule has 0 fully saturated rings. The van der Waals surface area contributed by atoms with Gasteiger partial charge >= 0.3 is 0 Å². The van der Waals surface area contributed by atoms with Crippen LogP contribution in [-0.2, 0) is 4.74 Å². The van der Waals surface area contributed by atoms with Crippen molar-refractivity contribution in [3.05, 3.63) is 57.3 Å². The van der Waals surface area contributed by atoms with Crippen molar-refractivity contribution in [2.24, 2.45) is 0 Å². The lowest BCUT2D eigenvalue weighted by atomic mass is 10.2. The van der Waals surface area contributed by atoms with Gasteiger partial charge in [-0.3, -0.25) is 4.79 Å². The zero-order valence-electron chi connectivity index (χ0n) is 11.7. The first kappa shape index (κ1) is 15.6. The van der Waals surface area contributed by atoms with Crippen LogP contribution in [0.15, 0.2) is 30.3 Å². The van der Waals surface area contributed by atoms with Gasteiger partial charge in [0.25, 0.3) is 5.91 Å². The molecule has 6 heteroatoms. The van der Waals surface area contributed by atoms with E-state index in [2.05, 4.69) is 5.32 Å². The summed E-state index contributed by atoms with van der Waals surface area (Å²) in [5, 5.41) is 2.50. The van der Waals surface area contributed by atoms with Crippen LogP contribution in [0.5, 0.6) is 0 Å². The standard InChI is InChI=1S/C15H15F2NO2S/c1-9-6-7-13(21-9)12(20-2)8-18-15(19)14-10(16)4-3-5-11(14)17/h3-7,12H,8H2,1-2H3,(H,18,19). The number of benzene rings is 1. The van der Waals surface area contributed by atoms with E-state index in [0.29, 0.717) is 0 Å². The number of carbonyl (C=O) groups is 1. The molecule has 3 nitrogen and oxygen atoms in total. The number of amides is 1. The number of carbonyl (C=O) groups excluding carboxylic acids is 1. The molecule has 0 aliphatic heterocycles. The van der Waals surface area contributed by atoms with Gasteiger partial charge in [-0.15, -0.1) is 11.3 Å². The molecule has 112 valence electrons. The lowest BCUT2D eigenvalue weighted by Crippen LogP contribution is -2.30. The number of thiophene rings is 1. The van der Waals surface area contributed by atoms with Crippen LogP contribution in [0.2, 0.25) is 0 Å². The third-order valence-electron chi connectivity index (χ3n) is 3.00. The largest absolute Gasteiger partial charge is 0.374 e.